The van der Waals surface area contributed by atoms with Gasteiger partial charge in [0.2, 0.25) is 10.0 Å². The summed E-state index contributed by atoms with van der Waals surface area (Å²) in [6, 6.07) is 4.38. The quantitative estimate of drug-likeness (QED) is 0.667. The molecule has 1 fully saturated rings. The summed E-state index contributed by atoms with van der Waals surface area (Å²) < 4.78 is 43.5. The van der Waals surface area contributed by atoms with Crippen LogP contribution in [-0.4, -0.2) is 61.3 Å². The van der Waals surface area contributed by atoms with Crippen molar-refractivity contribution in [2.45, 2.75) is 6.10 Å². The lowest BCUT2D eigenvalue weighted by Gasteiger charge is -2.33. The highest BCUT2D eigenvalue weighted by molar-refractivity contribution is 7.89. The minimum Gasteiger partial charge on any atom is -0.365 e. The smallest absolute Gasteiger partial charge is 0.264 e. The molecular formula is C16H16FN5O4S. The van der Waals surface area contributed by atoms with Crippen LogP contribution in [0.3, 0.4) is 0 Å². The number of benzene rings is 1. The zero-order chi connectivity index (χ0) is 19.2. The average Bonchev–Trinajstić information content (AvgIpc) is 2.97. The molecule has 0 spiro atoms. The summed E-state index contributed by atoms with van der Waals surface area (Å²) in [6.07, 6.45) is 1.33. The third kappa shape index (κ3) is 3.43. The van der Waals surface area contributed by atoms with Crippen LogP contribution < -0.4 is 9.62 Å². The van der Waals surface area contributed by atoms with Crippen molar-refractivity contribution in [2.24, 2.45) is 0 Å². The number of ether oxygens (including phenoxy) is 1. The minimum atomic E-state index is -3.68. The third-order valence-electron chi connectivity index (χ3n) is 4.28. The van der Waals surface area contributed by atoms with E-state index in [0.29, 0.717) is 28.9 Å². The standard InChI is InChI=1S/C16H16FN5O4S/c1-27(24,25)21-16(23)12-7-22(4-5-26-12)15-13-10-3-2-9(17)6-11(10)20-14(13)18-8-19-15/h2-3,6,8,12H,4-5,7H2,1H3,(H,21,23)(H,18,19,20)/t12-/m1/s1. The molecule has 27 heavy (non-hydrogen) atoms. The number of halogens is 1. The predicted molar refractivity (Wildman–Crippen MR) is 96.3 cm³/mol. The van der Waals surface area contributed by atoms with Gasteiger partial charge in [0.25, 0.3) is 5.91 Å². The number of carbonyl (C=O) groups is 1. The van der Waals surface area contributed by atoms with Crippen molar-refractivity contribution in [1.29, 1.82) is 0 Å². The molecule has 1 aliphatic heterocycles. The minimum absolute atomic E-state index is 0.126. The molecule has 0 bridgehead atoms. The number of morpholine rings is 1. The Bertz CT molecular complexity index is 1150. The maximum absolute atomic E-state index is 13.5. The number of nitrogens with one attached hydrogen (secondary N) is 2. The number of nitrogens with zero attached hydrogens (tertiary/aromatic N) is 3. The van der Waals surface area contributed by atoms with E-state index in [1.54, 1.807) is 6.07 Å². The zero-order valence-electron chi connectivity index (χ0n) is 14.3. The molecule has 0 radical (unpaired) electrons. The van der Waals surface area contributed by atoms with Crippen LogP contribution in [0.1, 0.15) is 0 Å². The lowest BCUT2D eigenvalue weighted by atomic mass is 10.1. The van der Waals surface area contributed by atoms with Crippen LogP contribution in [0.4, 0.5) is 10.2 Å². The topological polar surface area (TPSA) is 117 Å². The van der Waals surface area contributed by atoms with Crippen LogP contribution in [0.25, 0.3) is 21.9 Å². The van der Waals surface area contributed by atoms with Crippen LogP contribution in [0.2, 0.25) is 0 Å². The van der Waals surface area contributed by atoms with Crippen molar-refractivity contribution in [3.63, 3.8) is 0 Å². The van der Waals surface area contributed by atoms with Crippen LogP contribution in [-0.2, 0) is 19.6 Å². The van der Waals surface area contributed by atoms with Gasteiger partial charge in [-0.2, -0.15) is 0 Å². The number of sulfonamides is 1. The molecule has 1 aromatic carbocycles. The Kier molecular flexibility index (Phi) is 4.19. The van der Waals surface area contributed by atoms with E-state index in [1.807, 2.05) is 9.62 Å². The number of H-pyrrole nitrogens is 1. The number of rotatable bonds is 3. The van der Waals surface area contributed by atoms with E-state index in [9.17, 15) is 17.6 Å². The van der Waals surface area contributed by atoms with Gasteiger partial charge in [0.1, 0.15) is 23.6 Å². The number of hydrogen-bond acceptors (Lipinski definition) is 7. The molecule has 11 heteroatoms. The van der Waals surface area contributed by atoms with Crippen LogP contribution in [0.5, 0.6) is 0 Å². The molecule has 0 saturated carbocycles. The first-order valence-corrected chi connectivity index (χ1v) is 10.0. The van der Waals surface area contributed by atoms with Crippen LogP contribution >= 0.6 is 0 Å². The van der Waals surface area contributed by atoms with Crippen molar-refractivity contribution in [2.75, 3.05) is 30.9 Å². The Morgan fingerprint density at radius 2 is 2.22 bits per heavy atom. The molecule has 0 aliphatic carbocycles. The Hall–Kier alpha value is -2.79. The second-order valence-corrected chi connectivity index (χ2v) is 8.03. The van der Waals surface area contributed by atoms with Crippen molar-refractivity contribution < 1.29 is 22.3 Å². The van der Waals surface area contributed by atoms with Gasteiger partial charge in [-0.25, -0.2) is 22.8 Å². The van der Waals surface area contributed by atoms with Crippen molar-refractivity contribution in [3.8, 4) is 0 Å². The maximum Gasteiger partial charge on any atom is 0.264 e. The van der Waals surface area contributed by atoms with Gasteiger partial charge >= 0.3 is 0 Å². The number of aromatic nitrogens is 3. The summed E-state index contributed by atoms with van der Waals surface area (Å²) in [7, 11) is -3.68. The van der Waals surface area contributed by atoms with Gasteiger partial charge in [0.05, 0.1) is 30.3 Å². The number of anilines is 1. The maximum atomic E-state index is 13.5. The van der Waals surface area contributed by atoms with Crippen molar-refractivity contribution >= 4 is 43.7 Å². The molecule has 1 amide bonds. The Morgan fingerprint density at radius 3 is 3.00 bits per heavy atom. The highest BCUT2D eigenvalue weighted by atomic mass is 32.2. The second-order valence-electron chi connectivity index (χ2n) is 6.28. The molecule has 1 saturated heterocycles. The summed E-state index contributed by atoms with van der Waals surface area (Å²) in [6.45, 7) is 0.814. The van der Waals surface area contributed by atoms with Crippen LogP contribution in [0.15, 0.2) is 24.5 Å². The van der Waals surface area contributed by atoms with E-state index in [-0.39, 0.29) is 19.0 Å². The number of amides is 1. The van der Waals surface area contributed by atoms with Gasteiger partial charge in [0.15, 0.2) is 6.10 Å². The fourth-order valence-corrected chi connectivity index (χ4v) is 3.67. The monoisotopic (exact) mass is 393 g/mol. The van der Waals surface area contributed by atoms with E-state index < -0.39 is 22.0 Å². The van der Waals surface area contributed by atoms with E-state index >= 15 is 0 Å². The Balaban J connectivity index is 1.71. The molecule has 3 heterocycles. The number of hydrogen-bond donors (Lipinski definition) is 2. The molecule has 9 nitrogen and oxygen atoms in total. The zero-order valence-corrected chi connectivity index (χ0v) is 15.1. The SMILES string of the molecule is CS(=O)(=O)NC(=O)[C@H]1CN(c2ncnc3[nH]c4cc(F)ccc4c23)CCO1. The van der Waals surface area contributed by atoms with Gasteiger partial charge in [0, 0.05) is 11.9 Å². The molecule has 2 aromatic heterocycles. The number of fused-ring (bicyclic) bond motifs is 3. The predicted octanol–water partition coefficient (Wildman–Crippen LogP) is 0.531. The molecular weight excluding hydrogens is 377 g/mol. The Labute approximate surface area is 153 Å². The summed E-state index contributed by atoms with van der Waals surface area (Å²) in [4.78, 5) is 25.6. The lowest BCUT2D eigenvalue weighted by Crippen LogP contribution is -2.51. The largest absolute Gasteiger partial charge is 0.365 e. The van der Waals surface area contributed by atoms with E-state index in [4.69, 9.17) is 4.74 Å². The van der Waals surface area contributed by atoms with Gasteiger partial charge < -0.3 is 14.6 Å². The second kappa shape index (κ2) is 6.43. The first kappa shape index (κ1) is 17.6. The van der Waals surface area contributed by atoms with Gasteiger partial charge in [-0.1, -0.05) is 0 Å². The molecule has 142 valence electrons. The highest BCUT2D eigenvalue weighted by Gasteiger charge is 2.30. The molecule has 0 unspecified atom stereocenters. The highest BCUT2D eigenvalue weighted by Crippen LogP contribution is 2.32. The molecule has 3 aromatic rings. The fourth-order valence-electron chi connectivity index (χ4n) is 3.17. The van der Waals surface area contributed by atoms with Crippen molar-refractivity contribution in [1.82, 2.24) is 19.7 Å². The summed E-state index contributed by atoms with van der Waals surface area (Å²) in [5.41, 5.74) is 1.13. The van der Waals surface area contributed by atoms with Gasteiger partial charge in [-0.15, -0.1) is 0 Å². The molecule has 4 rings (SSSR count). The molecule has 1 atom stereocenters. The van der Waals surface area contributed by atoms with Gasteiger partial charge in [-0.3, -0.25) is 9.52 Å². The third-order valence-corrected chi connectivity index (χ3v) is 4.85. The summed E-state index contributed by atoms with van der Waals surface area (Å²) >= 11 is 0. The fraction of sp³-hybridized carbons (Fsp3) is 0.312. The summed E-state index contributed by atoms with van der Waals surface area (Å²) in [5.74, 6) is -0.528. The van der Waals surface area contributed by atoms with Crippen molar-refractivity contribution in [3.05, 3.63) is 30.3 Å². The number of carbonyl (C=O) groups excluding carboxylic acids is 1. The lowest BCUT2D eigenvalue weighted by molar-refractivity contribution is -0.131. The normalized spacial score (nSPS) is 18.1. The molecule has 2 N–H and O–H groups in total. The molecule has 1 aliphatic rings. The van der Waals surface area contributed by atoms with E-state index in [2.05, 4.69) is 15.0 Å². The number of aromatic amines is 1. The van der Waals surface area contributed by atoms with E-state index in [0.717, 1.165) is 11.6 Å². The average molecular weight is 393 g/mol. The van der Waals surface area contributed by atoms with Gasteiger partial charge in [-0.05, 0) is 18.2 Å². The first-order valence-electron chi connectivity index (χ1n) is 8.12. The first-order chi connectivity index (χ1) is 12.8. The Morgan fingerprint density at radius 1 is 1.41 bits per heavy atom. The van der Waals surface area contributed by atoms with E-state index in [1.165, 1.54) is 18.5 Å². The van der Waals surface area contributed by atoms with Crippen LogP contribution in [0, 0.1) is 5.82 Å². The summed E-state index contributed by atoms with van der Waals surface area (Å²) in [5, 5.41) is 1.46.